The van der Waals surface area contributed by atoms with Crippen molar-refractivity contribution in [3.63, 3.8) is 0 Å². The van der Waals surface area contributed by atoms with E-state index in [9.17, 15) is 31.5 Å². The molecule has 0 heterocycles. The van der Waals surface area contributed by atoms with Crippen molar-refractivity contribution >= 4 is 31.9 Å². The molecule has 44 heavy (non-hydrogen) atoms. The molecular formula is C33H32BrF3N2O4S. The van der Waals surface area contributed by atoms with E-state index in [1.54, 1.807) is 12.1 Å². The molecule has 4 aromatic carbocycles. The minimum Gasteiger partial charge on any atom is -0.481 e. The summed E-state index contributed by atoms with van der Waals surface area (Å²) in [5.41, 5.74) is 1.30. The Labute approximate surface area is 263 Å². The summed E-state index contributed by atoms with van der Waals surface area (Å²) in [6, 6.07) is 28.1. The molecular weight excluding hydrogens is 657 g/mol. The van der Waals surface area contributed by atoms with Gasteiger partial charge < -0.3 is 10.4 Å². The van der Waals surface area contributed by atoms with Crippen LogP contribution in [-0.2, 0) is 33.8 Å². The molecule has 0 saturated carbocycles. The molecule has 0 fully saturated rings. The van der Waals surface area contributed by atoms with Crippen LogP contribution in [0.2, 0.25) is 0 Å². The van der Waals surface area contributed by atoms with Crippen molar-refractivity contribution in [2.45, 2.75) is 30.0 Å². The summed E-state index contributed by atoms with van der Waals surface area (Å²) in [4.78, 5) is 12.8. The van der Waals surface area contributed by atoms with Gasteiger partial charge in [-0.1, -0.05) is 88.7 Å². The fraction of sp³-hybridized carbons (Fsp3) is 0.242. The van der Waals surface area contributed by atoms with Crippen molar-refractivity contribution < 1.29 is 31.5 Å². The van der Waals surface area contributed by atoms with Crippen LogP contribution in [-0.4, -0.2) is 43.4 Å². The van der Waals surface area contributed by atoms with Gasteiger partial charge in [0, 0.05) is 23.6 Å². The molecule has 2 atom stereocenters. The SMILES string of the molecule is O=C(O)C(CN(CCc1ccccc1)S(=O)(=O)c1ccc(Br)cc1)C(NCCc1ccccc1)c1ccc(C(F)(F)F)cc1. The van der Waals surface area contributed by atoms with Gasteiger partial charge in [0.2, 0.25) is 10.0 Å². The number of aliphatic carboxylic acids is 1. The summed E-state index contributed by atoms with van der Waals surface area (Å²) < 4.78 is 69.6. The van der Waals surface area contributed by atoms with Crippen molar-refractivity contribution in [3.05, 3.63) is 136 Å². The van der Waals surface area contributed by atoms with Crippen LogP contribution < -0.4 is 5.32 Å². The van der Waals surface area contributed by atoms with E-state index in [0.29, 0.717) is 29.4 Å². The third kappa shape index (κ3) is 9.01. The van der Waals surface area contributed by atoms with Crippen molar-refractivity contribution in [1.29, 1.82) is 0 Å². The maximum Gasteiger partial charge on any atom is 0.416 e. The molecule has 11 heteroatoms. The fourth-order valence-electron chi connectivity index (χ4n) is 4.90. The highest BCUT2D eigenvalue weighted by Crippen LogP contribution is 2.32. The number of halogens is 4. The second-order valence-corrected chi connectivity index (χ2v) is 13.1. The lowest BCUT2D eigenvalue weighted by molar-refractivity contribution is -0.143. The van der Waals surface area contributed by atoms with Crippen LogP contribution in [0.4, 0.5) is 13.2 Å². The highest BCUT2D eigenvalue weighted by atomic mass is 79.9. The number of alkyl halides is 3. The highest BCUT2D eigenvalue weighted by molar-refractivity contribution is 9.10. The van der Waals surface area contributed by atoms with E-state index in [1.165, 1.54) is 24.3 Å². The van der Waals surface area contributed by atoms with Gasteiger partial charge >= 0.3 is 12.1 Å². The fourth-order valence-corrected chi connectivity index (χ4v) is 6.63. The quantitative estimate of drug-likeness (QED) is 0.149. The number of sulfonamides is 1. The molecule has 2 N–H and O–H groups in total. The molecule has 0 bridgehead atoms. The van der Waals surface area contributed by atoms with Gasteiger partial charge in [-0.3, -0.25) is 4.79 Å². The Balaban J connectivity index is 1.69. The van der Waals surface area contributed by atoms with Crippen LogP contribution in [0.25, 0.3) is 0 Å². The first-order valence-corrected chi connectivity index (χ1v) is 16.2. The molecule has 0 aromatic heterocycles. The number of benzene rings is 4. The van der Waals surface area contributed by atoms with Crippen LogP contribution in [0.3, 0.4) is 0 Å². The summed E-state index contributed by atoms with van der Waals surface area (Å²) in [7, 11) is -4.15. The van der Waals surface area contributed by atoms with Gasteiger partial charge in [-0.15, -0.1) is 0 Å². The van der Waals surface area contributed by atoms with E-state index in [2.05, 4.69) is 21.2 Å². The Hall–Kier alpha value is -3.51. The second kappa shape index (κ2) is 15.0. The molecule has 0 aliphatic rings. The molecule has 0 spiro atoms. The van der Waals surface area contributed by atoms with Crippen molar-refractivity contribution in [1.82, 2.24) is 9.62 Å². The van der Waals surface area contributed by atoms with E-state index in [1.807, 2.05) is 60.7 Å². The number of nitrogens with one attached hydrogen (secondary N) is 1. The lowest BCUT2D eigenvalue weighted by Crippen LogP contribution is -2.44. The summed E-state index contributed by atoms with van der Waals surface area (Å²) in [6.45, 7) is -0.108. The number of carbonyl (C=O) groups is 1. The standard InChI is InChI=1S/C33H32BrF3N2O4S/c34-28-15-17-29(18-16-28)44(42,43)39(22-20-25-9-5-2-6-10-25)23-30(32(40)41)31(38-21-19-24-7-3-1-4-8-24)26-11-13-27(14-12-26)33(35,36)37/h1-18,30-31,38H,19-23H2,(H,40,41). The second-order valence-electron chi connectivity index (χ2n) is 10.3. The topological polar surface area (TPSA) is 86.7 Å². The first-order valence-electron chi connectivity index (χ1n) is 13.9. The van der Waals surface area contributed by atoms with Gasteiger partial charge in [0.15, 0.2) is 0 Å². The third-order valence-electron chi connectivity index (χ3n) is 7.28. The van der Waals surface area contributed by atoms with Gasteiger partial charge in [-0.2, -0.15) is 17.5 Å². The van der Waals surface area contributed by atoms with Crippen LogP contribution in [0, 0.1) is 5.92 Å². The van der Waals surface area contributed by atoms with Crippen LogP contribution in [0.1, 0.15) is 28.3 Å². The smallest absolute Gasteiger partial charge is 0.416 e. The van der Waals surface area contributed by atoms with Gasteiger partial charge in [0.1, 0.15) is 0 Å². The minimum atomic E-state index is -4.56. The summed E-state index contributed by atoms with van der Waals surface area (Å²) >= 11 is 3.31. The molecule has 0 aliphatic carbocycles. The minimum absolute atomic E-state index is 0.000942. The Morgan fingerprint density at radius 2 is 1.36 bits per heavy atom. The largest absolute Gasteiger partial charge is 0.481 e. The zero-order valence-electron chi connectivity index (χ0n) is 23.6. The Kier molecular flexibility index (Phi) is 11.4. The van der Waals surface area contributed by atoms with E-state index >= 15 is 0 Å². The van der Waals surface area contributed by atoms with E-state index in [-0.39, 0.29) is 11.4 Å². The molecule has 0 radical (unpaired) electrons. The lowest BCUT2D eigenvalue weighted by Gasteiger charge is -2.31. The van der Waals surface area contributed by atoms with Crippen LogP contribution >= 0.6 is 15.9 Å². The molecule has 4 aromatic rings. The predicted molar refractivity (Wildman–Crippen MR) is 167 cm³/mol. The van der Waals surface area contributed by atoms with Crippen LogP contribution in [0.15, 0.2) is 119 Å². The van der Waals surface area contributed by atoms with Gasteiger partial charge in [0.05, 0.1) is 16.4 Å². The summed E-state index contributed by atoms with van der Waals surface area (Å²) in [5, 5.41) is 13.7. The first kappa shape index (κ1) is 33.4. The highest BCUT2D eigenvalue weighted by Gasteiger charge is 2.36. The average molecular weight is 690 g/mol. The van der Waals surface area contributed by atoms with Crippen molar-refractivity contribution in [2.75, 3.05) is 19.6 Å². The zero-order valence-corrected chi connectivity index (χ0v) is 26.0. The Morgan fingerprint density at radius 1 is 0.818 bits per heavy atom. The first-order chi connectivity index (χ1) is 20.9. The van der Waals surface area contributed by atoms with E-state index < -0.39 is 46.2 Å². The molecule has 4 rings (SSSR count). The van der Waals surface area contributed by atoms with Crippen molar-refractivity contribution in [2.24, 2.45) is 5.92 Å². The molecule has 232 valence electrons. The molecule has 6 nitrogen and oxygen atoms in total. The summed E-state index contributed by atoms with van der Waals surface area (Å²) in [5.74, 6) is -2.61. The maximum absolute atomic E-state index is 13.9. The monoisotopic (exact) mass is 688 g/mol. The van der Waals surface area contributed by atoms with Gasteiger partial charge in [-0.05, 0) is 72.5 Å². The number of hydrogen-bond donors (Lipinski definition) is 2. The third-order valence-corrected chi connectivity index (χ3v) is 9.69. The molecule has 0 saturated heterocycles. The normalized spacial score (nSPS) is 13.5. The zero-order chi connectivity index (χ0) is 31.7. The van der Waals surface area contributed by atoms with E-state index in [0.717, 1.165) is 27.6 Å². The molecule has 0 aliphatic heterocycles. The Morgan fingerprint density at radius 3 is 1.89 bits per heavy atom. The number of rotatable bonds is 14. The predicted octanol–water partition coefficient (Wildman–Crippen LogP) is 6.98. The number of carboxylic acid groups (broad SMARTS) is 1. The lowest BCUT2D eigenvalue weighted by atomic mass is 9.91. The summed E-state index contributed by atoms with van der Waals surface area (Å²) in [6.07, 6.45) is -3.71. The van der Waals surface area contributed by atoms with Gasteiger partial charge in [-0.25, -0.2) is 8.42 Å². The number of carboxylic acids is 1. The molecule has 0 amide bonds. The number of hydrogen-bond acceptors (Lipinski definition) is 4. The Bertz CT molecular complexity index is 1600. The van der Waals surface area contributed by atoms with E-state index in [4.69, 9.17) is 0 Å². The van der Waals surface area contributed by atoms with Crippen molar-refractivity contribution in [3.8, 4) is 0 Å². The molecule has 2 unspecified atom stereocenters. The maximum atomic E-state index is 13.9. The van der Waals surface area contributed by atoms with Crippen LogP contribution in [0.5, 0.6) is 0 Å². The average Bonchev–Trinajstić information content (AvgIpc) is 3.00. The van der Waals surface area contributed by atoms with Gasteiger partial charge in [0.25, 0.3) is 0 Å². The number of nitrogens with zero attached hydrogens (tertiary/aromatic N) is 1.